The predicted octanol–water partition coefficient (Wildman–Crippen LogP) is 5.54. The van der Waals surface area contributed by atoms with E-state index in [1.807, 2.05) is 0 Å². The van der Waals surface area contributed by atoms with E-state index in [1.54, 1.807) is 0 Å². The summed E-state index contributed by atoms with van der Waals surface area (Å²) in [5.74, 6) is 0.369. The van der Waals surface area contributed by atoms with Gasteiger partial charge in [-0.2, -0.15) is 0 Å². The molecule has 2 unspecified atom stereocenters. The van der Waals surface area contributed by atoms with Crippen molar-refractivity contribution in [1.82, 2.24) is 0 Å². The van der Waals surface area contributed by atoms with E-state index in [2.05, 4.69) is 72.8 Å². The van der Waals surface area contributed by atoms with Gasteiger partial charge in [0, 0.05) is 11.8 Å². The smallest absolute Gasteiger partial charge is 0.148 e. The van der Waals surface area contributed by atoms with E-state index in [0.29, 0.717) is 5.78 Å². The first-order chi connectivity index (χ1) is 12.8. The highest BCUT2D eigenvalue weighted by Gasteiger charge is 2.37. The number of hydrogen-bond acceptors (Lipinski definition) is 1. The molecule has 0 amide bonds. The molecule has 0 aromatic heterocycles. The summed E-state index contributed by atoms with van der Waals surface area (Å²) >= 11 is 0. The molecule has 124 valence electrons. The summed E-state index contributed by atoms with van der Waals surface area (Å²) in [6, 6.07) is 25.7. The van der Waals surface area contributed by atoms with Crippen molar-refractivity contribution in [1.29, 1.82) is 0 Å². The predicted molar refractivity (Wildman–Crippen MR) is 106 cm³/mol. The summed E-state index contributed by atoms with van der Waals surface area (Å²) in [6.07, 6.45) is 1.69. The number of ketones is 1. The number of carbonyl (C=O) groups is 1. The Balaban J connectivity index is 1.47. The first kappa shape index (κ1) is 14.3. The maximum absolute atomic E-state index is 13.7. The normalized spacial score (nSPS) is 20.2. The third-order valence-corrected chi connectivity index (χ3v) is 6.33. The van der Waals surface area contributed by atoms with Crippen molar-refractivity contribution in [2.24, 2.45) is 0 Å². The molecule has 0 radical (unpaired) electrons. The Morgan fingerprint density at radius 3 is 1.50 bits per heavy atom. The van der Waals surface area contributed by atoms with Crippen LogP contribution in [-0.4, -0.2) is 5.78 Å². The van der Waals surface area contributed by atoms with Gasteiger partial charge < -0.3 is 0 Å². The van der Waals surface area contributed by atoms with Crippen molar-refractivity contribution in [3.63, 3.8) is 0 Å². The van der Waals surface area contributed by atoms with Crippen LogP contribution in [0.2, 0.25) is 0 Å². The second-order valence-corrected chi connectivity index (χ2v) is 7.64. The van der Waals surface area contributed by atoms with Gasteiger partial charge in [0.15, 0.2) is 0 Å². The van der Waals surface area contributed by atoms with Gasteiger partial charge in [0.2, 0.25) is 0 Å². The Morgan fingerprint density at radius 2 is 1.04 bits per heavy atom. The Bertz CT molecular complexity index is 1110. The molecule has 0 spiro atoms. The lowest BCUT2D eigenvalue weighted by Crippen LogP contribution is -2.20. The molecule has 0 saturated carbocycles. The van der Waals surface area contributed by atoms with Crippen LogP contribution in [0, 0.1) is 0 Å². The standard InChI is InChI=1S/C25H18O/c26-25(21-13-17-9-1-5-15-7-3-11-19(21)23(15)17)22-14-18-10-2-6-16-8-4-12-20(22)24(16)18/h1-12,21-22H,13-14H2. The molecule has 6 rings (SSSR count). The van der Waals surface area contributed by atoms with E-state index >= 15 is 0 Å². The van der Waals surface area contributed by atoms with Crippen LogP contribution in [-0.2, 0) is 17.6 Å². The Labute approximate surface area is 152 Å². The summed E-state index contributed by atoms with van der Waals surface area (Å²) in [5, 5.41) is 5.13. The van der Waals surface area contributed by atoms with Gasteiger partial charge in [-0.3, -0.25) is 4.79 Å². The second kappa shape index (κ2) is 5.04. The molecule has 1 heteroatoms. The van der Waals surface area contributed by atoms with Crippen LogP contribution < -0.4 is 0 Å². The fraction of sp³-hybridized carbons (Fsp3) is 0.160. The van der Waals surface area contributed by atoms with Crippen LogP contribution in [0.3, 0.4) is 0 Å². The average Bonchev–Trinajstić information content (AvgIpc) is 3.24. The van der Waals surface area contributed by atoms with Crippen molar-refractivity contribution < 1.29 is 4.79 Å². The molecule has 0 fully saturated rings. The molecule has 2 atom stereocenters. The number of hydrogen-bond donors (Lipinski definition) is 0. The molecular formula is C25H18O. The van der Waals surface area contributed by atoms with E-state index in [0.717, 1.165) is 12.8 Å². The zero-order chi connectivity index (χ0) is 17.3. The van der Waals surface area contributed by atoms with Crippen molar-refractivity contribution in [3.05, 3.63) is 95.1 Å². The molecule has 0 saturated heterocycles. The zero-order valence-corrected chi connectivity index (χ0v) is 14.4. The molecule has 4 aromatic rings. The van der Waals surface area contributed by atoms with Gasteiger partial charge in [-0.15, -0.1) is 0 Å². The Morgan fingerprint density at radius 1 is 0.615 bits per heavy atom. The molecule has 4 aromatic carbocycles. The summed E-state index contributed by atoms with van der Waals surface area (Å²) in [5.41, 5.74) is 5.10. The average molecular weight is 334 g/mol. The molecule has 0 bridgehead atoms. The first-order valence-corrected chi connectivity index (χ1v) is 9.36. The third kappa shape index (κ3) is 1.78. The first-order valence-electron chi connectivity index (χ1n) is 9.36. The molecule has 2 aliphatic rings. The van der Waals surface area contributed by atoms with Crippen molar-refractivity contribution >= 4 is 27.3 Å². The highest BCUT2D eigenvalue weighted by atomic mass is 16.1. The maximum atomic E-state index is 13.7. The van der Waals surface area contributed by atoms with Gasteiger partial charge in [-0.1, -0.05) is 72.8 Å². The lowest BCUT2D eigenvalue weighted by atomic mass is 9.84. The Kier molecular flexibility index (Phi) is 2.77. The lowest BCUT2D eigenvalue weighted by Gasteiger charge is -2.17. The molecule has 0 heterocycles. The van der Waals surface area contributed by atoms with E-state index in [9.17, 15) is 4.79 Å². The summed E-state index contributed by atoms with van der Waals surface area (Å²) in [4.78, 5) is 13.7. The fourth-order valence-electron chi connectivity index (χ4n) is 5.23. The molecule has 0 N–H and O–H groups in total. The van der Waals surface area contributed by atoms with E-state index in [4.69, 9.17) is 0 Å². The van der Waals surface area contributed by atoms with Gasteiger partial charge in [0.25, 0.3) is 0 Å². The van der Waals surface area contributed by atoms with Crippen LogP contribution in [0.5, 0.6) is 0 Å². The monoisotopic (exact) mass is 334 g/mol. The zero-order valence-electron chi connectivity index (χ0n) is 14.4. The van der Waals surface area contributed by atoms with E-state index in [1.165, 1.54) is 43.8 Å². The molecule has 1 nitrogen and oxygen atoms in total. The SMILES string of the molecule is O=C(C1Cc2cccc3cccc1c23)C1Cc2cccc3cccc1c23. The van der Waals surface area contributed by atoms with Crippen molar-refractivity contribution in [2.45, 2.75) is 24.7 Å². The lowest BCUT2D eigenvalue weighted by molar-refractivity contribution is -0.121. The largest absolute Gasteiger partial charge is 0.298 e. The molecule has 2 aliphatic carbocycles. The number of benzene rings is 4. The van der Waals surface area contributed by atoms with Gasteiger partial charge in [0.05, 0.1) is 0 Å². The van der Waals surface area contributed by atoms with E-state index < -0.39 is 0 Å². The maximum Gasteiger partial charge on any atom is 0.148 e. The van der Waals surface area contributed by atoms with Gasteiger partial charge in [-0.05, 0) is 56.6 Å². The van der Waals surface area contributed by atoms with Crippen LogP contribution >= 0.6 is 0 Å². The molecular weight excluding hydrogens is 316 g/mol. The van der Waals surface area contributed by atoms with Crippen molar-refractivity contribution in [3.8, 4) is 0 Å². The van der Waals surface area contributed by atoms with E-state index in [-0.39, 0.29) is 11.8 Å². The third-order valence-electron chi connectivity index (χ3n) is 6.33. The number of rotatable bonds is 2. The molecule has 0 aliphatic heterocycles. The van der Waals surface area contributed by atoms with Crippen molar-refractivity contribution in [2.75, 3.05) is 0 Å². The van der Waals surface area contributed by atoms with Gasteiger partial charge in [0.1, 0.15) is 5.78 Å². The quantitative estimate of drug-likeness (QED) is 0.470. The van der Waals surface area contributed by atoms with Gasteiger partial charge >= 0.3 is 0 Å². The minimum Gasteiger partial charge on any atom is -0.298 e. The minimum absolute atomic E-state index is 0.00864. The second-order valence-electron chi connectivity index (χ2n) is 7.64. The summed E-state index contributed by atoms with van der Waals surface area (Å²) in [6.45, 7) is 0. The van der Waals surface area contributed by atoms with Crippen LogP contribution in [0.25, 0.3) is 21.5 Å². The number of carbonyl (C=O) groups excluding carboxylic acids is 1. The fourth-order valence-corrected chi connectivity index (χ4v) is 5.23. The number of Topliss-reactive ketones (excluding diaryl/α,β-unsaturated/α-hetero) is 1. The summed E-state index contributed by atoms with van der Waals surface area (Å²) in [7, 11) is 0. The van der Waals surface area contributed by atoms with Gasteiger partial charge in [-0.25, -0.2) is 0 Å². The highest BCUT2D eigenvalue weighted by Crippen LogP contribution is 2.45. The van der Waals surface area contributed by atoms with Crippen LogP contribution in [0.1, 0.15) is 34.1 Å². The molecule has 26 heavy (non-hydrogen) atoms. The topological polar surface area (TPSA) is 17.1 Å². The Hall–Kier alpha value is -2.93. The highest BCUT2D eigenvalue weighted by molar-refractivity contribution is 6.05. The summed E-state index contributed by atoms with van der Waals surface area (Å²) < 4.78 is 0. The van der Waals surface area contributed by atoms with Crippen LogP contribution in [0.15, 0.2) is 72.8 Å². The minimum atomic E-state index is -0.00864. The van der Waals surface area contributed by atoms with Crippen LogP contribution in [0.4, 0.5) is 0 Å².